The van der Waals surface area contributed by atoms with Crippen LogP contribution >= 0.6 is 11.6 Å². The highest BCUT2D eigenvalue weighted by Crippen LogP contribution is 2.28. The maximum Gasteiger partial charge on any atom is 0.272 e. The second-order valence-electron chi connectivity index (χ2n) is 5.16. The van der Waals surface area contributed by atoms with Crippen molar-refractivity contribution in [3.05, 3.63) is 29.0 Å². The van der Waals surface area contributed by atoms with Crippen molar-refractivity contribution in [2.24, 2.45) is 0 Å². The van der Waals surface area contributed by atoms with Crippen LogP contribution in [0.1, 0.15) is 37.2 Å². The predicted octanol–water partition coefficient (Wildman–Crippen LogP) is 2.11. The average Bonchev–Trinajstić information content (AvgIpc) is 2.76. The van der Waals surface area contributed by atoms with Gasteiger partial charge in [0.05, 0.1) is 11.6 Å². The van der Waals surface area contributed by atoms with Crippen molar-refractivity contribution in [3.8, 4) is 0 Å². The van der Waals surface area contributed by atoms with Crippen LogP contribution in [-0.2, 0) is 0 Å². The zero-order valence-corrected chi connectivity index (χ0v) is 11.3. The van der Waals surface area contributed by atoms with Crippen molar-refractivity contribution >= 4 is 17.5 Å². The lowest BCUT2D eigenvalue weighted by atomic mass is 9.96. The summed E-state index contributed by atoms with van der Waals surface area (Å²) in [7, 11) is 0. The summed E-state index contributed by atoms with van der Waals surface area (Å²) in [4.78, 5) is 18.1. The minimum atomic E-state index is -0.898. The molecule has 0 bridgehead atoms. The number of amides is 1. The summed E-state index contributed by atoms with van der Waals surface area (Å²) in [5, 5.41) is 10.4. The zero-order chi connectivity index (χ0) is 13.3. The van der Waals surface area contributed by atoms with Crippen LogP contribution in [0, 0.1) is 0 Å². The fraction of sp³-hybridized carbons (Fsp3) is 0.538. The van der Waals surface area contributed by atoms with Crippen molar-refractivity contribution in [3.63, 3.8) is 0 Å². The monoisotopic (exact) mass is 268 g/mol. The number of aliphatic hydroxyl groups is 1. The normalized spacial score (nSPS) is 20.2. The quantitative estimate of drug-likeness (QED) is 0.836. The van der Waals surface area contributed by atoms with Gasteiger partial charge in [0, 0.05) is 6.54 Å². The maximum absolute atomic E-state index is 12.3. The van der Waals surface area contributed by atoms with E-state index in [0.717, 1.165) is 12.8 Å². The van der Waals surface area contributed by atoms with Gasteiger partial charge in [0.15, 0.2) is 0 Å². The number of carbonyl (C=O) groups excluding carboxylic acids is 1. The molecule has 1 N–H and O–H groups in total. The Labute approximate surface area is 112 Å². The molecule has 0 spiro atoms. The van der Waals surface area contributed by atoms with Gasteiger partial charge in [-0.25, -0.2) is 4.98 Å². The smallest absolute Gasteiger partial charge is 0.272 e. The Morgan fingerprint density at radius 2 is 2.28 bits per heavy atom. The molecule has 1 amide bonds. The molecular weight excluding hydrogens is 252 g/mol. The number of hydrogen-bond donors (Lipinski definition) is 1. The van der Waals surface area contributed by atoms with Crippen LogP contribution in [0.4, 0.5) is 0 Å². The van der Waals surface area contributed by atoms with E-state index >= 15 is 0 Å². The molecule has 2 heterocycles. The number of hydrogen-bond acceptors (Lipinski definition) is 3. The van der Waals surface area contributed by atoms with E-state index in [-0.39, 0.29) is 11.9 Å². The van der Waals surface area contributed by atoms with Gasteiger partial charge < -0.3 is 10.0 Å². The number of nitrogens with zero attached hydrogens (tertiary/aromatic N) is 2. The SMILES string of the molecule is CC(C)(O)C1CCCN1C(=O)c1cccc(Cl)n1. The molecule has 2 rings (SSSR count). The molecule has 1 saturated heterocycles. The maximum atomic E-state index is 12.3. The summed E-state index contributed by atoms with van der Waals surface area (Å²) in [5.41, 5.74) is -0.566. The Hall–Kier alpha value is -1.13. The third-order valence-electron chi connectivity index (χ3n) is 3.26. The van der Waals surface area contributed by atoms with E-state index < -0.39 is 5.60 Å². The van der Waals surface area contributed by atoms with Gasteiger partial charge in [-0.3, -0.25) is 4.79 Å². The van der Waals surface area contributed by atoms with E-state index in [1.54, 1.807) is 36.9 Å². The van der Waals surface area contributed by atoms with E-state index in [4.69, 9.17) is 11.6 Å². The fourth-order valence-electron chi connectivity index (χ4n) is 2.42. The van der Waals surface area contributed by atoms with Crippen LogP contribution in [0.5, 0.6) is 0 Å². The highest BCUT2D eigenvalue weighted by molar-refractivity contribution is 6.29. The standard InChI is InChI=1S/C13H17ClN2O2/c1-13(2,18)10-6-4-8-16(10)12(17)9-5-3-7-11(14)15-9/h3,5,7,10,18H,4,6,8H2,1-2H3. The molecule has 0 radical (unpaired) electrons. The van der Waals surface area contributed by atoms with Crippen LogP contribution in [0.25, 0.3) is 0 Å². The minimum Gasteiger partial charge on any atom is -0.388 e. The van der Waals surface area contributed by atoms with Gasteiger partial charge >= 0.3 is 0 Å². The van der Waals surface area contributed by atoms with Gasteiger partial charge in [0.25, 0.3) is 5.91 Å². The predicted molar refractivity (Wildman–Crippen MR) is 69.6 cm³/mol. The van der Waals surface area contributed by atoms with E-state index in [1.807, 2.05) is 0 Å². The second kappa shape index (κ2) is 4.86. The number of aromatic nitrogens is 1. The number of halogens is 1. The summed E-state index contributed by atoms with van der Waals surface area (Å²) in [6.45, 7) is 4.12. The lowest BCUT2D eigenvalue weighted by molar-refractivity contribution is 0.000121. The van der Waals surface area contributed by atoms with E-state index in [0.29, 0.717) is 17.4 Å². The molecule has 18 heavy (non-hydrogen) atoms. The lowest BCUT2D eigenvalue weighted by Gasteiger charge is -2.33. The number of pyridine rings is 1. The number of rotatable bonds is 2. The van der Waals surface area contributed by atoms with Crippen molar-refractivity contribution in [1.82, 2.24) is 9.88 Å². The first kappa shape index (κ1) is 13.3. The van der Waals surface area contributed by atoms with Crippen molar-refractivity contribution in [1.29, 1.82) is 0 Å². The second-order valence-corrected chi connectivity index (χ2v) is 5.54. The van der Waals surface area contributed by atoms with Crippen LogP contribution < -0.4 is 0 Å². The molecule has 1 aliphatic rings. The van der Waals surface area contributed by atoms with Crippen molar-refractivity contribution < 1.29 is 9.90 Å². The Balaban J connectivity index is 2.23. The Bertz CT molecular complexity index is 457. The molecule has 1 fully saturated rings. The lowest BCUT2D eigenvalue weighted by Crippen LogP contribution is -2.48. The van der Waals surface area contributed by atoms with Crippen molar-refractivity contribution in [2.75, 3.05) is 6.54 Å². The molecule has 0 aromatic carbocycles. The van der Waals surface area contributed by atoms with Gasteiger partial charge in [-0.15, -0.1) is 0 Å². The Morgan fingerprint density at radius 3 is 2.89 bits per heavy atom. The van der Waals surface area contributed by atoms with E-state index in [9.17, 15) is 9.90 Å². The molecule has 1 aromatic heterocycles. The fourth-order valence-corrected chi connectivity index (χ4v) is 2.58. The highest BCUT2D eigenvalue weighted by Gasteiger charge is 2.39. The van der Waals surface area contributed by atoms with Crippen LogP contribution in [-0.4, -0.2) is 39.1 Å². The van der Waals surface area contributed by atoms with Gasteiger partial charge in [0.1, 0.15) is 10.8 Å². The highest BCUT2D eigenvalue weighted by atomic mass is 35.5. The summed E-state index contributed by atoms with van der Waals surface area (Å²) < 4.78 is 0. The molecule has 1 aliphatic heterocycles. The first-order chi connectivity index (χ1) is 8.39. The first-order valence-corrected chi connectivity index (χ1v) is 6.43. The number of likely N-dealkylation sites (tertiary alicyclic amines) is 1. The molecule has 98 valence electrons. The van der Waals surface area contributed by atoms with Crippen molar-refractivity contribution in [2.45, 2.75) is 38.3 Å². The van der Waals surface area contributed by atoms with Gasteiger partial charge in [-0.2, -0.15) is 0 Å². The van der Waals surface area contributed by atoms with E-state index in [1.165, 1.54) is 0 Å². The molecule has 0 saturated carbocycles. The molecule has 5 heteroatoms. The molecule has 1 atom stereocenters. The first-order valence-electron chi connectivity index (χ1n) is 6.05. The average molecular weight is 269 g/mol. The number of carbonyl (C=O) groups is 1. The molecular formula is C13H17ClN2O2. The van der Waals surface area contributed by atoms with Crippen LogP contribution in [0.3, 0.4) is 0 Å². The van der Waals surface area contributed by atoms with Crippen LogP contribution in [0.15, 0.2) is 18.2 Å². The summed E-state index contributed by atoms with van der Waals surface area (Å²) >= 11 is 5.79. The Morgan fingerprint density at radius 1 is 1.56 bits per heavy atom. The van der Waals surface area contributed by atoms with Gasteiger partial charge in [-0.1, -0.05) is 17.7 Å². The molecule has 4 nitrogen and oxygen atoms in total. The van der Waals surface area contributed by atoms with Gasteiger partial charge in [0.2, 0.25) is 0 Å². The third kappa shape index (κ3) is 2.65. The summed E-state index contributed by atoms with van der Waals surface area (Å²) in [6, 6.07) is 4.83. The molecule has 0 aliphatic carbocycles. The third-order valence-corrected chi connectivity index (χ3v) is 3.47. The molecule has 1 unspecified atom stereocenters. The van der Waals surface area contributed by atoms with Gasteiger partial charge in [-0.05, 0) is 38.8 Å². The summed E-state index contributed by atoms with van der Waals surface area (Å²) in [6.07, 6.45) is 1.72. The van der Waals surface area contributed by atoms with Crippen LogP contribution in [0.2, 0.25) is 5.15 Å². The molecule has 1 aromatic rings. The topological polar surface area (TPSA) is 53.4 Å². The largest absolute Gasteiger partial charge is 0.388 e. The minimum absolute atomic E-state index is 0.161. The zero-order valence-electron chi connectivity index (χ0n) is 10.6. The Kier molecular flexibility index (Phi) is 3.59. The van der Waals surface area contributed by atoms with E-state index in [2.05, 4.69) is 4.98 Å². The summed E-state index contributed by atoms with van der Waals surface area (Å²) in [5.74, 6) is -0.165.